The van der Waals surface area contributed by atoms with E-state index in [1.807, 2.05) is 31.2 Å². The fourth-order valence-corrected chi connectivity index (χ4v) is 4.08. The highest BCUT2D eigenvalue weighted by atomic mass is 16.5. The van der Waals surface area contributed by atoms with Crippen LogP contribution in [-0.4, -0.2) is 38.1 Å². The summed E-state index contributed by atoms with van der Waals surface area (Å²) in [6.07, 6.45) is 2.09. The van der Waals surface area contributed by atoms with E-state index in [9.17, 15) is 4.79 Å². The number of methoxy groups -OCH3 is 2. The minimum absolute atomic E-state index is 0.00900. The van der Waals surface area contributed by atoms with E-state index in [0.29, 0.717) is 6.54 Å². The molecule has 1 heterocycles. The highest BCUT2D eigenvalue weighted by molar-refractivity contribution is 5.78. The molecule has 2 atom stereocenters. The Morgan fingerprint density at radius 2 is 2.00 bits per heavy atom. The molecule has 1 amide bonds. The number of benzene rings is 2. The van der Waals surface area contributed by atoms with Gasteiger partial charge in [-0.15, -0.1) is 0 Å². The summed E-state index contributed by atoms with van der Waals surface area (Å²) >= 11 is 0. The molecule has 1 N–H and O–H groups in total. The molecule has 3 rings (SSSR count). The van der Waals surface area contributed by atoms with E-state index in [4.69, 9.17) is 9.47 Å². The predicted molar refractivity (Wildman–Crippen MR) is 111 cm³/mol. The van der Waals surface area contributed by atoms with Gasteiger partial charge in [0.05, 0.1) is 26.8 Å². The van der Waals surface area contributed by atoms with Crippen LogP contribution >= 0.6 is 0 Å². The lowest BCUT2D eigenvalue weighted by Gasteiger charge is -2.26. The smallest absolute Gasteiger partial charge is 0.234 e. The second kappa shape index (κ2) is 9.11. The Balaban J connectivity index is 1.68. The van der Waals surface area contributed by atoms with Crippen molar-refractivity contribution in [1.82, 2.24) is 10.2 Å². The molecule has 1 fully saturated rings. The first-order valence-corrected chi connectivity index (χ1v) is 9.84. The monoisotopic (exact) mass is 382 g/mol. The van der Waals surface area contributed by atoms with Crippen LogP contribution in [-0.2, 0) is 4.79 Å². The highest BCUT2D eigenvalue weighted by Gasteiger charge is 2.30. The van der Waals surface area contributed by atoms with E-state index in [-0.39, 0.29) is 18.0 Å². The Labute approximate surface area is 167 Å². The summed E-state index contributed by atoms with van der Waals surface area (Å²) < 4.78 is 10.9. The zero-order valence-corrected chi connectivity index (χ0v) is 17.2. The maximum atomic E-state index is 12.7. The molecule has 150 valence electrons. The molecule has 0 aliphatic carbocycles. The van der Waals surface area contributed by atoms with Gasteiger partial charge in [-0.2, -0.15) is 0 Å². The van der Waals surface area contributed by atoms with Crippen molar-refractivity contribution in [3.8, 4) is 11.5 Å². The van der Waals surface area contributed by atoms with Crippen LogP contribution in [0.4, 0.5) is 0 Å². The molecule has 1 aliphatic heterocycles. The van der Waals surface area contributed by atoms with Crippen molar-refractivity contribution in [1.29, 1.82) is 0 Å². The average Bonchev–Trinajstić information content (AvgIpc) is 3.15. The van der Waals surface area contributed by atoms with Gasteiger partial charge in [0.15, 0.2) is 0 Å². The van der Waals surface area contributed by atoms with Crippen molar-refractivity contribution in [3.63, 3.8) is 0 Å². The zero-order valence-electron chi connectivity index (χ0n) is 17.2. The predicted octanol–water partition coefficient (Wildman–Crippen LogP) is 4.03. The van der Waals surface area contributed by atoms with E-state index < -0.39 is 0 Å². The third kappa shape index (κ3) is 4.47. The number of amides is 1. The summed E-state index contributed by atoms with van der Waals surface area (Å²) in [7, 11) is 3.32. The number of nitrogens with one attached hydrogen (secondary N) is 1. The fraction of sp³-hybridized carbons (Fsp3) is 0.435. The molecule has 0 spiro atoms. The number of ether oxygens (including phenoxy) is 2. The van der Waals surface area contributed by atoms with Gasteiger partial charge in [0, 0.05) is 17.7 Å². The summed E-state index contributed by atoms with van der Waals surface area (Å²) in [5.74, 6) is 1.63. The number of carbonyl (C=O) groups is 1. The molecular formula is C23H30N2O3. The molecule has 0 bridgehead atoms. The van der Waals surface area contributed by atoms with Crippen LogP contribution in [0.15, 0.2) is 42.5 Å². The number of likely N-dealkylation sites (tertiary alicyclic amines) is 1. The Bertz CT molecular complexity index is 821. The number of nitrogens with zero attached hydrogens (tertiary/aromatic N) is 1. The van der Waals surface area contributed by atoms with Gasteiger partial charge in [-0.1, -0.05) is 30.3 Å². The topological polar surface area (TPSA) is 50.8 Å². The second-order valence-corrected chi connectivity index (χ2v) is 7.38. The van der Waals surface area contributed by atoms with Gasteiger partial charge in [0.2, 0.25) is 5.91 Å². The fourth-order valence-electron chi connectivity index (χ4n) is 4.08. The first-order chi connectivity index (χ1) is 13.5. The van der Waals surface area contributed by atoms with Crippen LogP contribution in [0.2, 0.25) is 0 Å². The highest BCUT2D eigenvalue weighted by Crippen LogP contribution is 2.38. The first kappa shape index (κ1) is 20.2. The summed E-state index contributed by atoms with van der Waals surface area (Å²) in [6, 6.07) is 14.3. The molecule has 0 unspecified atom stereocenters. The molecule has 5 heteroatoms. The van der Waals surface area contributed by atoms with Crippen molar-refractivity contribution < 1.29 is 14.3 Å². The second-order valence-electron chi connectivity index (χ2n) is 7.38. The number of aryl methyl sites for hydroxylation is 1. The average molecular weight is 383 g/mol. The van der Waals surface area contributed by atoms with Crippen molar-refractivity contribution in [2.75, 3.05) is 27.3 Å². The SMILES string of the molecule is COc1ccc([C@@H]2CCCN2CC(=O)N[C@@H](C)c2ccccc2C)c(OC)c1. The van der Waals surface area contributed by atoms with E-state index in [1.54, 1.807) is 14.2 Å². The van der Waals surface area contributed by atoms with Crippen molar-refractivity contribution in [3.05, 3.63) is 59.2 Å². The third-order valence-electron chi connectivity index (χ3n) is 5.54. The van der Waals surface area contributed by atoms with Crippen LogP contribution in [0, 0.1) is 6.92 Å². The number of hydrogen-bond donors (Lipinski definition) is 1. The van der Waals surface area contributed by atoms with Gasteiger partial charge in [-0.25, -0.2) is 0 Å². The van der Waals surface area contributed by atoms with Crippen LogP contribution in [0.3, 0.4) is 0 Å². The summed E-state index contributed by atoms with van der Waals surface area (Å²) in [5, 5.41) is 3.15. The van der Waals surface area contributed by atoms with E-state index in [2.05, 4.69) is 35.3 Å². The molecule has 5 nitrogen and oxygen atoms in total. The normalized spacial score (nSPS) is 17.9. The minimum Gasteiger partial charge on any atom is -0.497 e. The van der Waals surface area contributed by atoms with E-state index in [0.717, 1.165) is 42.0 Å². The minimum atomic E-state index is -0.00900. The lowest BCUT2D eigenvalue weighted by Crippen LogP contribution is -2.38. The van der Waals surface area contributed by atoms with Crippen LogP contribution in [0.5, 0.6) is 11.5 Å². The van der Waals surface area contributed by atoms with Crippen LogP contribution in [0.1, 0.15) is 48.5 Å². The molecule has 0 radical (unpaired) electrons. The largest absolute Gasteiger partial charge is 0.497 e. The summed E-state index contributed by atoms with van der Waals surface area (Å²) in [5.41, 5.74) is 3.46. The number of carbonyl (C=O) groups excluding carboxylic acids is 1. The third-order valence-corrected chi connectivity index (χ3v) is 5.54. The lowest BCUT2D eigenvalue weighted by molar-refractivity contribution is -0.123. The molecular weight excluding hydrogens is 352 g/mol. The number of hydrogen-bond acceptors (Lipinski definition) is 4. The Morgan fingerprint density at radius 1 is 1.21 bits per heavy atom. The van der Waals surface area contributed by atoms with Gasteiger partial charge in [-0.05, 0) is 50.4 Å². The van der Waals surface area contributed by atoms with Gasteiger partial charge in [0.25, 0.3) is 0 Å². The van der Waals surface area contributed by atoms with Crippen molar-refractivity contribution in [2.45, 2.75) is 38.8 Å². The first-order valence-electron chi connectivity index (χ1n) is 9.84. The van der Waals surface area contributed by atoms with E-state index >= 15 is 0 Å². The number of rotatable bonds is 7. The van der Waals surface area contributed by atoms with Gasteiger partial charge in [0.1, 0.15) is 11.5 Å². The Morgan fingerprint density at radius 3 is 2.71 bits per heavy atom. The molecule has 2 aromatic carbocycles. The molecule has 1 aliphatic rings. The van der Waals surface area contributed by atoms with Gasteiger partial charge < -0.3 is 14.8 Å². The van der Waals surface area contributed by atoms with Crippen LogP contribution in [0.25, 0.3) is 0 Å². The van der Waals surface area contributed by atoms with Gasteiger partial charge in [-0.3, -0.25) is 9.69 Å². The van der Waals surface area contributed by atoms with Crippen molar-refractivity contribution >= 4 is 5.91 Å². The standard InChI is InChI=1S/C23H30N2O3/c1-16-8-5-6-9-19(16)17(2)24-23(26)15-25-13-7-10-21(25)20-12-11-18(27-3)14-22(20)28-4/h5-6,8-9,11-12,14,17,21H,7,10,13,15H2,1-4H3,(H,24,26)/t17-,21-/m0/s1. The summed E-state index contributed by atoms with van der Waals surface area (Å²) in [6.45, 7) is 5.40. The zero-order chi connectivity index (χ0) is 20.1. The quantitative estimate of drug-likeness (QED) is 0.786. The van der Waals surface area contributed by atoms with Gasteiger partial charge >= 0.3 is 0 Å². The molecule has 0 saturated carbocycles. The van der Waals surface area contributed by atoms with Crippen LogP contribution < -0.4 is 14.8 Å². The molecule has 0 aromatic heterocycles. The summed E-state index contributed by atoms with van der Waals surface area (Å²) in [4.78, 5) is 15.0. The maximum absolute atomic E-state index is 12.7. The molecule has 2 aromatic rings. The Hall–Kier alpha value is -2.53. The lowest BCUT2D eigenvalue weighted by atomic mass is 10.0. The Kier molecular flexibility index (Phi) is 6.57. The van der Waals surface area contributed by atoms with Crippen molar-refractivity contribution in [2.24, 2.45) is 0 Å². The maximum Gasteiger partial charge on any atom is 0.234 e. The van der Waals surface area contributed by atoms with E-state index in [1.165, 1.54) is 5.56 Å². The molecule has 1 saturated heterocycles. The molecule has 28 heavy (non-hydrogen) atoms.